The Morgan fingerprint density at radius 3 is 2.47 bits per heavy atom. The van der Waals surface area contributed by atoms with Crippen molar-refractivity contribution in [1.82, 2.24) is 25.2 Å². The number of benzene rings is 1. The Hall–Kier alpha value is -2.63. The van der Waals surface area contributed by atoms with Crippen LogP contribution in [0.2, 0.25) is 0 Å². The zero-order valence-electron chi connectivity index (χ0n) is 10.6. The third-order valence-electron chi connectivity index (χ3n) is 3.10. The first-order chi connectivity index (χ1) is 9.16. The van der Waals surface area contributed by atoms with Crippen molar-refractivity contribution in [2.45, 2.75) is 13.8 Å². The van der Waals surface area contributed by atoms with Gasteiger partial charge in [0.2, 0.25) is 5.82 Å². The summed E-state index contributed by atoms with van der Waals surface area (Å²) in [5.41, 5.74) is 3.76. The van der Waals surface area contributed by atoms with Crippen molar-refractivity contribution in [3.05, 3.63) is 41.7 Å². The van der Waals surface area contributed by atoms with Crippen LogP contribution in [0.1, 0.15) is 11.4 Å². The number of hydrogen-bond acceptors (Lipinski definition) is 4. The second kappa shape index (κ2) is 4.24. The van der Waals surface area contributed by atoms with E-state index < -0.39 is 0 Å². The first-order valence-corrected chi connectivity index (χ1v) is 5.89. The van der Waals surface area contributed by atoms with Crippen LogP contribution >= 0.6 is 0 Å². The van der Waals surface area contributed by atoms with E-state index in [-0.39, 0.29) is 5.75 Å². The first-order valence-electron chi connectivity index (χ1n) is 5.89. The molecule has 0 unspecified atom stereocenters. The van der Waals surface area contributed by atoms with Crippen LogP contribution < -0.4 is 0 Å². The Balaban J connectivity index is 2.18. The molecular weight excluding hydrogens is 242 g/mol. The first kappa shape index (κ1) is 11.5. The van der Waals surface area contributed by atoms with E-state index >= 15 is 0 Å². The highest BCUT2D eigenvalue weighted by molar-refractivity contribution is 5.66. The molecule has 0 aliphatic heterocycles. The molecule has 0 aliphatic carbocycles. The van der Waals surface area contributed by atoms with Crippen molar-refractivity contribution in [1.29, 1.82) is 0 Å². The van der Waals surface area contributed by atoms with E-state index in [1.807, 2.05) is 26.0 Å². The van der Waals surface area contributed by atoms with Gasteiger partial charge in [0.25, 0.3) is 0 Å². The molecule has 96 valence electrons. The van der Waals surface area contributed by atoms with E-state index in [1.54, 1.807) is 6.07 Å². The second-order valence-corrected chi connectivity index (χ2v) is 4.39. The van der Waals surface area contributed by atoms with Crippen molar-refractivity contribution in [2.75, 3.05) is 0 Å². The molecule has 0 spiro atoms. The maximum atomic E-state index is 9.91. The molecule has 19 heavy (non-hydrogen) atoms. The van der Waals surface area contributed by atoms with Crippen molar-refractivity contribution in [3.8, 4) is 22.8 Å². The molecule has 2 aromatic heterocycles. The van der Waals surface area contributed by atoms with Crippen molar-refractivity contribution in [2.24, 2.45) is 0 Å². The lowest BCUT2D eigenvalue weighted by atomic mass is 10.1. The highest BCUT2D eigenvalue weighted by atomic mass is 16.3. The van der Waals surface area contributed by atoms with Crippen LogP contribution in [0, 0.1) is 13.8 Å². The molecule has 0 fully saturated rings. The SMILES string of the molecule is Cc1ccc(C)n1-c1ccc(O)c(-c2nn[nH]n2)c1. The number of tetrazole rings is 1. The number of nitrogens with zero attached hydrogens (tertiary/aromatic N) is 4. The van der Waals surface area contributed by atoms with Crippen LogP contribution in [-0.2, 0) is 0 Å². The van der Waals surface area contributed by atoms with Gasteiger partial charge in [-0.15, -0.1) is 10.2 Å². The van der Waals surface area contributed by atoms with Crippen LogP contribution in [0.4, 0.5) is 0 Å². The second-order valence-electron chi connectivity index (χ2n) is 4.39. The highest BCUT2D eigenvalue weighted by Gasteiger charge is 2.12. The summed E-state index contributed by atoms with van der Waals surface area (Å²) < 4.78 is 2.10. The van der Waals surface area contributed by atoms with Gasteiger partial charge in [0.15, 0.2) is 0 Å². The van der Waals surface area contributed by atoms with Crippen LogP contribution in [0.5, 0.6) is 5.75 Å². The molecule has 3 rings (SSSR count). The minimum absolute atomic E-state index is 0.132. The summed E-state index contributed by atoms with van der Waals surface area (Å²) in [4.78, 5) is 0. The smallest absolute Gasteiger partial charge is 0.208 e. The molecule has 0 atom stereocenters. The van der Waals surface area contributed by atoms with Crippen molar-refractivity contribution in [3.63, 3.8) is 0 Å². The van der Waals surface area contributed by atoms with Gasteiger partial charge in [0.1, 0.15) is 5.75 Å². The summed E-state index contributed by atoms with van der Waals surface area (Å²) in [6, 6.07) is 9.45. The topological polar surface area (TPSA) is 79.6 Å². The van der Waals surface area contributed by atoms with Gasteiger partial charge in [-0.05, 0) is 49.4 Å². The molecule has 3 aromatic rings. The molecule has 6 nitrogen and oxygen atoms in total. The fourth-order valence-corrected chi connectivity index (χ4v) is 2.19. The van der Waals surface area contributed by atoms with Gasteiger partial charge in [-0.1, -0.05) is 0 Å². The number of aromatic amines is 1. The fourth-order valence-electron chi connectivity index (χ4n) is 2.19. The number of rotatable bonds is 2. The van der Waals surface area contributed by atoms with E-state index in [4.69, 9.17) is 0 Å². The average Bonchev–Trinajstić information content (AvgIpc) is 3.02. The molecule has 1 aromatic carbocycles. The standard InChI is InChI=1S/C13H13N5O/c1-8-3-4-9(2)18(8)10-5-6-12(19)11(7-10)13-14-16-17-15-13/h3-7,19H,1-2H3,(H,14,15,16,17). The molecule has 0 amide bonds. The molecule has 0 aliphatic rings. The number of phenolic OH excluding ortho intramolecular Hbond substituents is 1. The largest absolute Gasteiger partial charge is 0.507 e. The molecule has 0 radical (unpaired) electrons. The number of phenols is 1. The zero-order valence-corrected chi connectivity index (χ0v) is 10.6. The van der Waals surface area contributed by atoms with Gasteiger partial charge in [-0.3, -0.25) is 0 Å². The van der Waals surface area contributed by atoms with Crippen LogP contribution in [0.3, 0.4) is 0 Å². The molecule has 2 N–H and O–H groups in total. The van der Waals surface area contributed by atoms with Gasteiger partial charge in [0.05, 0.1) is 5.56 Å². The number of aromatic hydroxyl groups is 1. The van der Waals surface area contributed by atoms with E-state index in [1.165, 1.54) is 0 Å². The van der Waals surface area contributed by atoms with Gasteiger partial charge in [0, 0.05) is 17.1 Å². The Morgan fingerprint density at radius 2 is 1.84 bits per heavy atom. The number of H-pyrrole nitrogens is 1. The third kappa shape index (κ3) is 1.87. The number of nitrogens with one attached hydrogen (secondary N) is 1. The van der Waals surface area contributed by atoms with Crippen molar-refractivity contribution >= 4 is 0 Å². The van der Waals surface area contributed by atoms with Crippen LogP contribution in [0.25, 0.3) is 17.1 Å². The average molecular weight is 255 g/mol. The Kier molecular flexibility index (Phi) is 2.56. The number of aryl methyl sites for hydroxylation is 2. The van der Waals surface area contributed by atoms with Crippen LogP contribution in [-0.4, -0.2) is 30.3 Å². The molecule has 6 heteroatoms. The maximum Gasteiger partial charge on any atom is 0.208 e. The molecule has 0 saturated carbocycles. The van der Waals surface area contributed by atoms with Gasteiger partial charge < -0.3 is 9.67 Å². The Morgan fingerprint density at radius 1 is 1.11 bits per heavy atom. The number of aromatic nitrogens is 5. The minimum atomic E-state index is 0.132. The summed E-state index contributed by atoms with van der Waals surface area (Å²) in [7, 11) is 0. The predicted molar refractivity (Wildman–Crippen MR) is 70.1 cm³/mol. The lowest BCUT2D eigenvalue weighted by Gasteiger charge is -2.11. The lowest BCUT2D eigenvalue weighted by molar-refractivity contribution is 0.476. The Bertz CT molecular complexity index is 695. The van der Waals surface area contributed by atoms with Crippen molar-refractivity contribution < 1.29 is 5.11 Å². The van der Waals surface area contributed by atoms with E-state index in [2.05, 4.69) is 37.3 Å². The van der Waals surface area contributed by atoms with E-state index in [0.717, 1.165) is 17.1 Å². The molecular formula is C13H13N5O. The van der Waals surface area contributed by atoms with Crippen LogP contribution in [0.15, 0.2) is 30.3 Å². The molecule has 0 saturated heterocycles. The maximum absolute atomic E-state index is 9.91. The fraction of sp³-hybridized carbons (Fsp3) is 0.154. The summed E-state index contributed by atoms with van der Waals surface area (Å²) in [6.45, 7) is 4.07. The third-order valence-corrected chi connectivity index (χ3v) is 3.10. The normalized spacial score (nSPS) is 10.8. The number of hydrogen-bond donors (Lipinski definition) is 2. The van der Waals surface area contributed by atoms with Gasteiger partial charge in [-0.2, -0.15) is 5.21 Å². The van der Waals surface area contributed by atoms with Gasteiger partial charge in [-0.25, -0.2) is 0 Å². The predicted octanol–water partition coefficient (Wildman–Crippen LogP) is 1.98. The molecule has 0 bridgehead atoms. The van der Waals surface area contributed by atoms with E-state index in [0.29, 0.717) is 11.4 Å². The summed E-state index contributed by atoms with van der Waals surface area (Å²) in [5.74, 6) is 0.509. The minimum Gasteiger partial charge on any atom is -0.507 e. The quantitative estimate of drug-likeness (QED) is 0.733. The zero-order chi connectivity index (χ0) is 13.4. The lowest BCUT2D eigenvalue weighted by Crippen LogP contribution is -1.99. The highest BCUT2D eigenvalue weighted by Crippen LogP contribution is 2.29. The monoisotopic (exact) mass is 255 g/mol. The van der Waals surface area contributed by atoms with E-state index in [9.17, 15) is 5.11 Å². The summed E-state index contributed by atoms with van der Waals surface area (Å²) in [6.07, 6.45) is 0. The molecule has 2 heterocycles. The van der Waals surface area contributed by atoms with Gasteiger partial charge >= 0.3 is 0 Å². The Labute approximate surface area is 109 Å². The summed E-state index contributed by atoms with van der Waals surface area (Å²) in [5, 5.41) is 23.6. The summed E-state index contributed by atoms with van der Waals surface area (Å²) >= 11 is 0.